The molecule has 1 aliphatic rings. The first-order chi connectivity index (χ1) is 18.5. The number of H-pyrrole nitrogens is 1. The van der Waals surface area contributed by atoms with Crippen LogP contribution in [0.5, 0.6) is 11.6 Å². The third-order valence-electron chi connectivity index (χ3n) is 5.81. The van der Waals surface area contributed by atoms with Crippen LogP contribution in [0.1, 0.15) is 39.0 Å². The number of benzene rings is 1. The molecule has 9 nitrogen and oxygen atoms in total. The van der Waals surface area contributed by atoms with Gasteiger partial charge in [0, 0.05) is 42.8 Å². The molecule has 200 valence electrons. The van der Waals surface area contributed by atoms with E-state index >= 15 is 0 Å². The Labute approximate surface area is 223 Å². The maximum absolute atomic E-state index is 15.0. The Morgan fingerprint density at radius 3 is 2.42 bits per heavy atom. The van der Waals surface area contributed by atoms with Gasteiger partial charge in [0.1, 0.15) is 18.2 Å². The zero-order chi connectivity index (χ0) is 27.7. The molecule has 38 heavy (non-hydrogen) atoms. The fourth-order valence-electron chi connectivity index (χ4n) is 3.93. The highest BCUT2D eigenvalue weighted by molar-refractivity contribution is 5.83. The van der Waals surface area contributed by atoms with Crippen LogP contribution in [0, 0.1) is 24.1 Å². The molecule has 1 aliphatic heterocycles. The van der Waals surface area contributed by atoms with Crippen LogP contribution in [0.3, 0.4) is 0 Å². The molecule has 10 heteroatoms. The van der Waals surface area contributed by atoms with Crippen molar-refractivity contribution in [1.82, 2.24) is 24.8 Å². The van der Waals surface area contributed by atoms with Gasteiger partial charge in [-0.05, 0) is 44.3 Å². The molecular formula is C28H35FN8O. The summed E-state index contributed by atoms with van der Waals surface area (Å²) >= 11 is 0. The number of fused-ring (bicyclic) bond motifs is 1. The SMILES string of the molecule is CC.CC.Cc1cc2c(F)c(Oc3ncnc(Nc4ccc(N5CCN(C)CC5)nc4)c3C#N)ccc2[nH]1. The van der Waals surface area contributed by atoms with E-state index in [1.807, 2.05) is 46.8 Å². The molecule has 1 fully saturated rings. The largest absolute Gasteiger partial charge is 0.434 e. The number of hydrogen-bond acceptors (Lipinski definition) is 8. The summed E-state index contributed by atoms with van der Waals surface area (Å²) in [4.78, 5) is 20.4. The van der Waals surface area contributed by atoms with Crippen molar-refractivity contribution in [3.05, 3.63) is 59.9 Å². The highest BCUT2D eigenvalue weighted by atomic mass is 19.1. The zero-order valence-electron chi connectivity index (χ0n) is 22.8. The van der Waals surface area contributed by atoms with Gasteiger partial charge in [0.05, 0.1) is 11.9 Å². The van der Waals surface area contributed by atoms with E-state index < -0.39 is 5.82 Å². The number of nitrogens with one attached hydrogen (secondary N) is 2. The van der Waals surface area contributed by atoms with Crippen LogP contribution >= 0.6 is 0 Å². The summed E-state index contributed by atoms with van der Waals surface area (Å²) in [5.74, 6) is 0.568. The number of hydrogen-bond donors (Lipinski definition) is 2. The van der Waals surface area contributed by atoms with Crippen LogP contribution in [0.2, 0.25) is 0 Å². The minimum Gasteiger partial charge on any atom is -0.434 e. The topological polar surface area (TPSA) is 106 Å². The summed E-state index contributed by atoms with van der Waals surface area (Å²) in [6.45, 7) is 13.7. The lowest BCUT2D eigenvalue weighted by Gasteiger charge is -2.33. The average Bonchev–Trinajstić information content (AvgIpc) is 3.35. The van der Waals surface area contributed by atoms with E-state index in [9.17, 15) is 9.65 Å². The van der Waals surface area contributed by atoms with E-state index in [0.717, 1.165) is 37.7 Å². The molecule has 0 spiro atoms. The van der Waals surface area contributed by atoms with Crippen LogP contribution in [-0.2, 0) is 0 Å². The number of anilines is 3. The number of aromatic nitrogens is 4. The predicted octanol–water partition coefficient (Wildman–Crippen LogP) is 6.01. The van der Waals surface area contributed by atoms with Gasteiger partial charge >= 0.3 is 0 Å². The summed E-state index contributed by atoms with van der Waals surface area (Å²) < 4.78 is 20.7. The molecule has 1 aromatic carbocycles. The number of ether oxygens (including phenoxy) is 1. The van der Waals surface area contributed by atoms with Crippen molar-refractivity contribution in [1.29, 1.82) is 5.26 Å². The molecule has 4 heterocycles. The van der Waals surface area contributed by atoms with Crippen LogP contribution in [0.4, 0.5) is 21.7 Å². The van der Waals surface area contributed by atoms with E-state index in [1.165, 1.54) is 12.4 Å². The highest BCUT2D eigenvalue weighted by Crippen LogP contribution is 2.33. The third kappa shape index (κ3) is 6.36. The lowest BCUT2D eigenvalue weighted by molar-refractivity contribution is 0.312. The Balaban J connectivity index is 0.000000956. The van der Waals surface area contributed by atoms with Crippen LogP contribution in [-0.4, -0.2) is 58.1 Å². The molecule has 0 bridgehead atoms. The number of nitrogens with zero attached hydrogens (tertiary/aromatic N) is 6. The first kappa shape index (κ1) is 28.3. The molecule has 0 amide bonds. The lowest BCUT2D eigenvalue weighted by Crippen LogP contribution is -2.44. The Hall–Kier alpha value is -4.23. The quantitative estimate of drug-likeness (QED) is 0.331. The first-order valence-electron chi connectivity index (χ1n) is 12.9. The van der Waals surface area contributed by atoms with Gasteiger partial charge < -0.3 is 24.8 Å². The maximum atomic E-state index is 15.0. The third-order valence-corrected chi connectivity index (χ3v) is 5.81. The standard InChI is InChI=1S/C24H23FN8O.2C2H6/c1-15-11-17-19(30-15)4-5-20(22(17)25)34-24-18(12-26)23(28-14-29-24)31-16-3-6-21(27-13-16)33-9-7-32(2)8-10-33;2*1-2/h3-6,11,13-14,30H,7-10H2,1-2H3,(H,28,29,31);2*1-2H3. The van der Waals surface area contributed by atoms with E-state index in [-0.39, 0.29) is 23.0 Å². The average molecular weight is 519 g/mol. The Morgan fingerprint density at radius 2 is 1.76 bits per heavy atom. The summed E-state index contributed by atoms with van der Waals surface area (Å²) in [5, 5.41) is 13.3. The van der Waals surface area contributed by atoms with Crippen molar-refractivity contribution in [3.8, 4) is 17.7 Å². The number of piperazine rings is 1. The van der Waals surface area contributed by atoms with Crippen molar-refractivity contribution in [3.63, 3.8) is 0 Å². The van der Waals surface area contributed by atoms with Crippen LogP contribution in [0.15, 0.2) is 42.9 Å². The summed E-state index contributed by atoms with van der Waals surface area (Å²) in [7, 11) is 2.11. The minimum atomic E-state index is -0.525. The van der Waals surface area contributed by atoms with Gasteiger partial charge in [-0.1, -0.05) is 27.7 Å². The number of halogens is 1. The minimum absolute atomic E-state index is 0.0224. The Morgan fingerprint density at radius 1 is 1.03 bits per heavy atom. The molecule has 2 N–H and O–H groups in total. The molecule has 3 aromatic heterocycles. The number of likely N-dealkylation sites (N-methyl/N-ethyl adjacent to an activating group) is 1. The number of nitriles is 1. The highest BCUT2D eigenvalue weighted by Gasteiger charge is 2.18. The summed E-state index contributed by atoms with van der Waals surface area (Å²) in [6, 6.07) is 10.8. The Kier molecular flexibility index (Phi) is 9.96. The number of aromatic amines is 1. The Bertz CT molecular complexity index is 1370. The molecule has 0 aliphatic carbocycles. The van der Waals surface area contributed by atoms with Crippen molar-refractivity contribution in [2.24, 2.45) is 0 Å². The van der Waals surface area contributed by atoms with E-state index in [0.29, 0.717) is 16.6 Å². The second-order valence-corrected chi connectivity index (χ2v) is 8.23. The van der Waals surface area contributed by atoms with Gasteiger partial charge in [-0.2, -0.15) is 5.26 Å². The van der Waals surface area contributed by atoms with E-state index in [4.69, 9.17) is 4.74 Å². The molecule has 5 rings (SSSR count). The lowest BCUT2D eigenvalue weighted by atomic mass is 10.2. The molecule has 0 saturated carbocycles. The second-order valence-electron chi connectivity index (χ2n) is 8.23. The first-order valence-corrected chi connectivity index (χ1v) is 12.9. The van der Waals surface area contributed by atoms with Gasteiger partial charge in [-0.25, -0.2) is 19.3 Å². The molecule has 4 aromatic rings. The second kappa shape index (κ2) is 13.4. The van der Waals surface area contributed by atoms with Crippen molar-refractivity contribution >= 4 is 28.2 Å². The summed E-state index contributed by atoms with van der Waals surface area (Å²) in [6.07, 6.45) is 2.96. The smallest absolute Gasteiger partial charge is 0.242 e. The number of aryl methyl sites for hydroxylation is 1. The van der Waals surface area contributed by atoms with E-state index in [1.54, 1.807) is 18.3 Å². The number of rotatable bonds is 5. The molecule has 0 unspecified atom stereocenters. The molecule has 0 atom stereocenters. The fourth-order valence-corrected chi connectivity index (χ4v) is 3.93. The van der Waals surface area contributed by atoms with Crippen molar-refractivity contribution < 1.29 is 9.13 Å². The van der Waals surface area contributed by atoms with Gasteiger partial charge in [-0.15, -0.1) is 0 Å². The molecule has 1 saturated heterocycles. The van der Waals surface area contributed by atoms with Gasteiger partial charge in [0.2, 0.25) is 5.88 Å². The van der Waals surface area contributed by atoms with Crippen molar-refractivity contribution in [2.75, 3.05) is 43.4 Å². The normalized spacial score (nSPS) is 13.1. The monoisotopic (exact) mass is 518 g/mol. The zero-order valence-corrected chi connectivity index (χ0v) is 22.8. The van der Waals surface area contributed by atoms with Crippen molar-refractivity contribution in [2.45, 2.75) is 34.6 Å². The molecule has 0 radical (unpaired) electrons. The molecular weight excluding hydrogens is 483 g/mol. The van der Waals surface area contributed by atoms with Gasteiger partial charge in [-0.3, -0.25) is 0 Å². The predicted molar refractivity (Wildman–Crippen MR) is 150 cm³/mol. The van der Waals surface area contributed by atoms with Crippen LogP contribution < -0.4 is 15.0 Å². The van der Waals surface area contributed by atoms with Gasteiger partial charge in [0.25, 0.3) is 0 Å². The fraction of sp³-hybridized carbons (Fsp3) is 0.357. The maximum Gasteiger partial charge on any atom is 0.242 e. The van der Waals surface area contributed by atoms with Crippen LogP contribution in [0.25, 0.3) is 10.9 Å². The van der Waals surface area contributed by atoms with Gasteiger partial charge in [0.15, 0.2) is 22.9 Å². The number of pyridine rings is 1. The van der Waals surface area contributed by atoms with E-state index in [2.05, 4.69) is 48.2 Å². The summed E-state index contributed by atoms with van der Waals surface area (Å²) in [5.41, 5.74) is 2.23.